The van der Waals surface area contributed by atoms with Gasteiger partial charge < -0.3 is 5.32 Å². The molecule has 4 nitrogen and oxygen atoms in total. The summed E-state index contributed by atoms with van der Waals surface area (Å²) in [7, 11) is 1.58. The van der Waals surface area contributed by atoms with Gasteiger partial charge in [-0.05, 0) is 30.3 Å². The molecule has 0 saturated carbocycles. The van der Waals surface area contributed by atoms with E-state index in [0.717, 1.165) is 5.69 Å². The van der Waals surface area contributed by atoms with Crippen molar-refractivity contribution >= 4 is 5.91 Å². The summed E-state index contributed by atoms with van der Waals surface area (Å²) in [5.41, 5.74) is 1.21. The van der Waals surface area contributed by atoms with Crippen molar-refractivity contribution in [3.05, 3.63) is 64.6 Å². The van der Waals surface area contributed by atoms with Crippen LogP contribution in [0.4, 0.5) is 0 Å². The molecule has 4 heteroatoms. The zero-order chi connectivity index (χ0) is 12.3. The summed E-state index contributed by atoms with van der Waals surface area (Å²) in [6, 6.07) is 11.8. The Morgan fingerprint density at radius 2 is 1.82 bits per heavy atom. The maximum Gasteiger partial charge on any atom is 0.255 e. The molecule has 1 aromatic heterocycles. The molecule has 0 unspecified atom stereocenters. The van der Waals surface area contributed by atoms with Crippen LogP contribution < -0.4 is 10.9 Å². The zero-order valence-corrected chi connectivity index (χ0v) is 9.38. The van der Waals surface area contributed by atoms with Crippen molar-refractivity contribution in [2.45, 2.75) is 0 Å². The first-order chi connectivity index (χ1) is 8.22. The van der Waals surface area contributed by atoms with Crippen molar-refractivity contribution in [1.82, 2.24) is 9.88 Å². The van der Waals surface area contributed by atoms with Crippen LogP contribution in [0.15, 0.2) is 53.5 Å². The molecule has 17 heavy (non-hydrogen) atoms. The molecule has 2 aromatic rings. The number of amides is 1. The van der Waals surface area contributed by atoms with Gasteiger partial charge >= 0.3 is 0 Å². The second-order valence-corrected chi connectivity index (χ2v) is 3.53. The van der Waals surface area contributed by atoms with Crippen LogP contribution in [-0.4, -0.2) is 17.5 Å². The Morgan fingerprint density at radius 3 is 2.41 bits per heavy atom. The number of hydrogen-bond acceptors (Lipinski definition) is 2. The highest BCUT2D eigenvalue weighted by molar-refractivity contribution is 5.94. The molecule has 0 aliphatic rings. The van der Waals surface area contributed by atoms with Crippen molar-refractivity contribution in [3.63, 3.8) is 0 Å². The third-order valence-corrected chi connectivity index (χ3v) is 2.46. The summed E-state index contributed by atoms with van der Waals surface area (Å²) in [5, 5.41) is 2.54. The van der Waals surface area contributed by atoms with Gasteiger partial charge in [0.2, 0.25) is 0 Å². The quantitative estimate of drug-likeness (QED) is 0.839. The number of hydrogen-bond donors (Lipinski definition) is 1. The lowest BCUT2D eigenvalue weighted by Gasteiger charge is -2.05. The van der Waals surface area contributed by atoms with Gasteiger partial charge in [0, 0.05) is 30.6 Å². The standard InChI is InChI=1S/C13H12N2O2/c1-14-13(17)10-5-7-11(8-6-10)15-9-3-2-4-12(15)16/h2-9H,1H3,(H,14,17). The third-order valence-electron chi connectivity index (χ3n) is 2.46. The summed E-state index contributed by atoms with van der Waals surface area (Å²) in [6.45, 7) is 0. The molecular weight excluding hydrogens is 216 g/mol. The van der Waals surface area contributed by atoms with E-state index in [1.54, 1.807) is 49.6 Å². The molecule has 0 fully saturated rings. The topological polar surface area (TPSA) is 51.1 Å². The van der Waals surface area contributed by atoms with Crippen LogP contribution in [0.3, 0.4) is 0 Å². The molecule has 0 bridgehead atoms. The number of rotatable bonds is 2. The largest absolute Gasteiger partial charge is 0.355 e. The predicted molar refractivity (Wildman–Crippen MR) is 65.4 cm³/mol. The fourth-order valence-corrected chi connectivity index (χ4v) is 1.56. The third kappa shape index (κ3) is 2.25. The number of aromatic nitrogens is 1. The van der Waals surface area contributed by atoms with Gasteiger partial charge in [-0.3, -0.25) is 14.2 Å². The number of nitrogens with one attached hydrogen (secondary N) is 1. The monoisotopic (exact) mass is 228 g/mol. The number of benzene rings is 1. The lowest BCUT2D eigenvalue weighted by atomic mass is 10.2. The summed E-state index contributed by atoms with van der Waals surface area (Å²) >= 11 is 0. The normalized spacial score (nSPS) is 9.94. The SMILES string of the molecule is CNC(=O)c1ccc(-n2ccccc2=O)cc1. The van der Waals surface area contributed by atoms with Crippen LogP contribution in [0.5, 0.6) is 0 Å². The van der Waals surface area contributed by atoms with Crippen molar-refractivity contribution in [3.8, 4) is 5.69 Å². The van der Waals surface area contributed by atoms with E-state index in [1.807, 2.05) is 0 Å². The molecule has 1 aromatic carbocycles. The lowest BCUT2D eigenvalue weighted by Crippen LogP contribution is -2.18. The molecular formula is C13H12N2O2. The van der Waals surface area contributed by atoms with Gasteiger partial charge in [0.25, 0.3) is 11.5 Å². The van der Waals surface area contributed by atoms with E-state index < -0.39 is 0 Å². The van der Waals surface area contributed by atoms with Crippen molar-refractivity contribution in [2.75, 3.05) is 7.05 Å². The molecule has 0 radical (unpaired) electrons. The number of pyridine rings is 1. The van der Waals surface area contributed by atoms with Gasteiger partial charge in [-0.15, -0.1) is 0 Å². The first kappa shape index (κ1) is 11.1. The molecule has 0 atom stereocenters. The Bertz CT molecular complexity index is 585. The minimum atomic E-state index is -0.142. The van der Waals surface area contributed by atoms with Crippen molar-refractivity contribution in [1.29, 1.82) is 0 Å². The average Bonchev–Trinajstić information content (AvgIpc) is 2.39. The highest BCUT2D eigenvalue weighted by Gasteiger charge is 2.03. The Hall–Kier alpha value is -2.36. The Labute approximate surface area is 98.5 Å². The molecule has 86 valence electrons. The first-order valence-corrected chi connectivity index (χ1v) is 5.22. The molecule has 1 N–H and O–H groups in total. The second kappa shape index (κ2) is 4.65. The van der Waals surface area contributed by atoms with Crippen LogP contribution in [0.25, 0.3) is 5.69 Å². The van der Waals surface area contributed by atoms with Crippen LogP contribution in [0.1, 0.15) is 10.4 Å². The molecule has 0 saturated heterocycles. The van der Waals surface area contributed by atoms with Crippen molar-refractivity contribution in [2.24, 2.45) is 0 Å². The minimum Gasteiger partial charge on any atom is -0.355 e. The van der Waals surface area contributed by atoms with E-state index in [9.17, 15) is 9.59 Å². The van der Waals surface area contributed by atoms with Gasteiger partial charge in [-0.25, -0.2) is 0 Å². The molecule has 0 aliphatic heterocycles. The van der Waals surface area contributed by atoms with E-state index in [0.29, 0.717) is 5.56 Å². The van der Waals surface area contributed by atoms with E-state index in [-0.39, 0.29) is 11.5 Å². The van der Waals surface area contributed by atoms with E-state index in [4.69, 9.17) is 0 Å². The van der Waals surface area contributed by atoms with Crippen LogP contribution >= 0.6 is 0 Å². The molecule has 0 spiro atoms. The summed E-state index contributed by atoms with van der Waals surface area (Å²) in [4.78, 5) is 22.9. The van der Waals surface area contributed by atoms with E-state index in [1.165, 1.54) is 10.6 Å². The molecule has 1 heterocycles. The van der Waals surface area contributed by atoms with Crippen molar-refractivity contribution < 1.29 is 4.79 Å². The number of carbonyl (C=O) groups excluding carboxylic acids is 1. The maximum absolute atomic E-state index is 11.6. The van der Waals surface area contributed by atoms with E-state index >= 15 is 0 Å². The van der Waals surface area contributed by atoms with Gasteiger partial charge in [0.05, 0.1) is 0 Å². The average molecular weight is 228 g/mol. The van der Waals surface area contributed by atoms with Crippen LogP contribution in [-0.2, 0) is 0 Å². The van der Waals surface area contributed by atoms with Crippen LogP contribution in [0.2, 0.25) is 0 Å². The Morgan fingerprint density at radius 1 is 1.12 bits per heavy atom. The van der Waals surface area contributed by atoms with Gasteiger partial charge in [-0.2, -0.15) is 0 Å². The molecule has 1 amide bonds. The lowest BCUT2D eigenvalue weighted by molar-refractivity contribution is 0.0963. The first-order valence-electron chi connectivity index (χ1n) is 5.22. The highest BCUT2D eigenvalue weighted by atomic mass is 16.1. The zero-order valence-electron chi connectivity index (χ0n) is 9.38. The number of carbonyl (C=O) groups is 1. The summed E-state index contributed by atoms with van der Waals surface area (Å²) in [5.74, 6) is -0.142. The molecule has 0 aliphatic carbocycles. The smallest absolute Gasteiger partial charge is 0.255 e. The highest BCUT2D eigenvalue weighted by Crippen LogP contribution is 2.07. The van der Waals surface area contributed by atoms with Crippen LogP contribution in [0, 0.1) is 0 Å². The van der Waals surface area contributed by atoms with Gasteiger partial charge in [-0.1, -0.05) is 6.07 Å². The Balaban J connectivity index is 2.40. The second-order valence-electron chi connectivity index (χ2n) is 3.53. The Kier molecular flexibility index (Phi) is 3.05. The van der Waals surface area contributed by atoms with E-state index in [2.05, 4.69) is 5.32 Å². The fourth-order valence-electron chi connectivity index (χ4n) is 1.56. The minimum absolute atomic E-state index is 0.0970. The summed E-state index contributed by atoms with van der Waals surface area (Å²) < 4.78 is 1.52. The van der Waals surface area contributed by atoms with Gasteiger partial charge in [0.1, 0.15) is 0 Å². The molecule has 2 rings (SSSR count). The summed E-state index contributed by atoms with van der Waals surface area (Å²) in [6.07, 6.45) is 1.69. The fraction of sp³-hybridized carbons (Fsp3) is 0.0769. The van der Waals surface area contributed by atoms with Gasteiger partial charge in [0.15, 0.2) is 0 Å². The maximum atomic E-state index is 11.6. The predicted octanol–water partition coefficient (Wildman–Crippen LogP) is 1.20. The number of nitrogens with zero attached hydrogens (tertiary/aromatic N) is 1.